The normalized spacial score (nSPS) is 18.7. The fourth-order valence-electron chi connectivity index (χ4n) is 3.07. The summed E-state index contributed by atoms with van der Waals surface area (Å²) in [5.41, 5.74) is 1.31. The van der Waals surface area contributed by atoms with E-state index in [9.17, 15) is 4.79 Å². The molecule has 4 heterocycles. The number of nitrogens with zero attached hydrogens (tertiary/aromatic N) is 5. The van der Waals surface area contributed by atoms with E-state index in [1.807, 2.05) is 46.2 Å². The summed E-state index contributed by atoms with van der Waals surface area (Å²) < 4.78 is 3.97. The molecule has 1 fully saturated rings. The first-order valence-electron chi connectivity index (χ1n) is 7.52. The van der Waals surface area contributed by atoms with Gasteiger partial charge in [-0.05, 0) is 25.0 Å². The second kappa shape index (κ2) is 5.29. The van der Waals surface area contributed by atoms with Crippen LogP contribution < -0.4 is 0 Å². The molecule has 6 nitrogen and oxygen atoms in total. The Hall–Kier alpha value is -2.63. The number of imidazole rings is 2. The molecular weight excluding hydrogens is 278 g/mol. The molecule has 6 heteroatoms. The smallest absolute Gasteiger partial charge is 0.274 e. The van der Waals surface area contributed by atoms with Crippen LogP contribution in [0.4, 0.5) is 0 Å². The Morgan fingerprint density at radius 1 is 1.27 bits per heavy atom. The lowest BCUT2D eigenvalue weighted by atomic mass is 10.1. The highest BCUT2D eigenvalue weighted by Gasteiger charge is 2.26. The Morgan fingerprint density at radius 2 is 2.23 bits per heavy atom. The minimum absolute atomic E-state index is 0.00788. The second-order valence-corrected chi connectivity index (χ2v) is 5.65. The summed E-state index contributed by atoms with van der Waals surface area (Å²) in [5.74, 6) is 0.00788. The molecule has 4 rings (SSSR count). The van der Waals surface area contributed by atoms with E-state index >= 15 is 0 Å². The fourth-order valence-corrected chi connectivity index (χ4v) is 3.07. The zero-order valence-electron chi connectivity index (χ0n) is 12.2. The van der Waals surface area contributed by atoms with E-state index in [0.29, 0.717) is 18.3 Å². The second-order valence-electron chi connectivity index (χ2n) is 5.65. The van der Waals surface area contributed by atoms with Crippen LogP contribution in [0.15, 0.2) is 49.3 Å². The summed E-state index contributed by atoms with van der Waals surface area (Å²) in [6.45, 7) is 1.50. The average molecular weight is 295 g/mol. The molecule has 0 saturated carbocycles. The van der Waals surface area contributed by atoms with Crippen LogP contribution in [0, 0.1) is 0 Å². The van der Waals surface area contributed by atoms with E-state index < -0.39 is 0 Å². The quantitative estimate of drug-likeness (QED) is 0.726. The molecule has 0 bridgehead atoms. The van der Waals surface area contributed by atoms with Gasteiger partial charge in [0.15, 0.2) is 0 Å². The molecule has 22 heavy (non-hydrogen) atoms. The predicted octanol–water partition coefficient (Wildman–Crippen LogP) is 2.01. The Morgan fingerprint density at radius 3 is 3.05 bits per heavy atom. The Balaban J connectivity index is 1.56. The number of aromatic nitrogens is 4. The molecule has 0 aliphatic carbocycles. The summed E-state index contributed by atoms with van der Waals surface area (Å²) >= 11 is 0. The molecule has 1 atom stereocenters. The van der Waals surface area contributed by atoms with Crippen molar-refractivity contribution in [3.63, 3.8) is 0 Å². The van der Waals surface area contributed by atoms with E-state index in [-0.39, 0.29) is 5.91 Å². The molecule has 1 unspecified atom stereocenters. The lowest BCUT2D eigenvalue weighted by molar-refractivity contribution is 0.0674. The Kier molecular flexibility index (Phi) is 3.14. The predicted molar refractivity (Wildman–Crippen MR) is 81.6 cm³/mol. The standard InChI is InChI=1S/C16H17N5O/c22-16(14-11-19-7-2-1-5-15(19)18-14)20-8-3-4-13(10-20)21-9-6-17-12-21/h1-2,5-7,9,11-13H,3-4,8,10H2. The number of piperidine rings is 1. The fraction of sp³-hybridized carbons (Fsp3) is 0.312. The minimum atomic E-state index is 0.00788. The van der Waals surface area contributed by atoms with Gasteiger partial charge in [0.05, 0.1) is 12.4 Å². The first-order valence-corrected chi connectivity index (χ1v) is 7.52. The van der Waals surface area contributed by atoms with Gasteiger partial charge in [0.2, 0.25) is 0 Å². The molecule has 1 saturated heterocycles. The molecule has 0 aromatic carbocycles. The zero-order chi connectivity index (χ0) is 14.9. The SMILES string of the molecule is O=C(c1cn2ccccc2n1)N1CCCC(n2ccnc2)C1. The van der Waals surface area contributed by atoms with Crippen LogP contribution in [-0.4, -0.2) is 42.8 Å². The van der Waals surface area contributed by atoms with Gasteiger partial charge in [-0.1, -0.05) is 6.07 Å². The lowest BCUT2D eigenvalue weighted by Gasteiger charge is -2.32. The van der Waals surface area contributed by atoms with Crippen molar-refractivity contribution in [1.29, 1.82) is 0 Å². The van der Waals surface area contributed by atoms with Crippen molar-refractivity contribution in [2.24, 2.45) is 0 Å². The summed E-state index contributed by atoms with van der Waals surface area (Å²) in [5, 5.41) is 0. The molecule has 1 aliphatic rings. The number of likely N-dealkylation sites (tertiary alicyclic amines) is 1. The van der Waals surface area contributed by atoms with Gasteiger partial charge in [0.1, 0.15) is 11.3 Å². The van der Waals surface area contributed by atoms with E-state index in [2.05, 4.69) is 14.5 Å². The molecule has 112 valence electrons. The van der Waals surface area contributed by atoms with Gasteiger partial charge in [-0.15, -0.1) is 0 Å². The van der Waals surface area contributed by atoms with Gasteiger partial charge < -0.3 is 13.9 Å². The molecular formula is C16H17N5O. The number of carbonyl (C=O) groups excluding carboxylic acids is 1. The molecule has 0 N–H and O–H groups in total. The molecule has 1 aliphatic heterocycles. The average Bonchev–Trinajstić information content (AvgIpc) is 3.23. The van der Waals surface area contributed by atoms with Gasteiger partial charge in [0.25, 0.3) is 5.91 Å². The van der Waals surface area contributed by atoms with Crippen molar-refractivity contribution in [2.45, 2.75) is 18.9 Å². The molecule has 3 aromatic rings. The number of hydrogen-bond acceptors (Lipinski definition) is 3. The maximum Gasteiger partial charge on any atom is 0.274 e. The van der Waals surface area contributed by atoms with Crippen LogP contribution in [0.5, 0.6) is 0 Å². The minimum Gasteiger partial charge on any atom is -0.335 e. The van der Waals surface area contributed by atoms with Gasteiger partial charge in [-0.25, -0.2) is 9.97 Å². The van der Waals surface area contributed by atoms with Crippen LogP contribution >= 0.6 is 0 Å². The van der Waals surface area contributed by atoms with Crippen LogP contribution in [0.2, 0.25) is 0 Å². The van der Waals surface area contributed by atoms with E-state index in [1.54, 1.807) is 12.4 Å². The number of rotatable bonds is 2. The molecule has 3 aromatic heterocycles. The Labute approximate surface area is 128 Å². The van der Waals surface area contributed by atoms with Crippen LogP contribution in [-0.2, 0) is 0 Å². The largest absolute Gasteiger partial charge is 0.335 e. The van der Waals surface area contributed by atoms with Gasteiger partial charge in [-0.2, -0.15) is 0 Å². The number of pyridine rings is 1. The topological polar surface area (TPSA) is 55.4 Å². The first kappa shape index (κ1) is 13.1. The number of hydrogen-bond donors (Lipinski definition) is 0. The molecule has 0 radical (unpaired) electrons. The van der Waals surface area contributed by atoms with Gasteiger partial charge in [0, 0.05) is 37.9 Å². The van der Waals surface area contributed by atoms with Crippen molar-refractivity contribution < 1.29 is 4.79 Å². The van der Waals surface area contributed by atoms with Crippen molar-refractivity contribution >= 4 is 11.6 Å². The van der Waals surface area contributed by atoms with Crippen molar-refractivity contribution in [3.05, 3.63) is 55.0 Å². The van der Waals surface area contributed by atoms with Gasteiger partial charge >= 0.3 is 0 Å². The monoisotopic (exact) mass is 295 g/mol. The van der Waals surface area contributed by atoms with Crippen molar-refractivity contribution in [3.8, 4) is 0 Å². The van der Waals surface area contributed by atoms with Crippen molar-refractivity contribution in [2.75, 3.05) is 13.1 Å². The maximum absolute atomic E-state index is 12.7. The van der Waals surface area contributed by atoms with E-state index in [1.165, 1.54) is 0 Å². The van der Waals surface area contributed by atoms with Crippen molar-refractivity contribution in [1.82, 2.24) is 23.8 Å². The third-order valence-electron chi connectivity index (χ3n) is 4.21. The third-order valence-corrected chi connectivity index (χ3v) is 4.21. The van der Waals surface area contributed by atoms with Crippen LogP contribution in [0.25, 0.3) is 5.65 Å². The van der Waals surface area contributed by atoms with Crippen LogP contribution in [0.1, 0.15) is 29.4 Å². The summed E-state index contributed by atoms with van der Waals surface area (Å²) in [4.78, 5) is 23.1. The van der Waals surface area contributed by atoms with E-state index in [4.69, 9.17) is 0 Å². The molecule has 1 amide bonds. The summed E-state index contributed by atoms with van der Waals surface area (Å²) in [7, 11) is 0. The zero-order valence-corrected chi connectivity index (χ0v) is 12.2. The highest BCUT2D eigenvalue weighted by Crippen LogP contribution is 2.22. The van der Waals surface area contributed by atoms with Crippen LogP contribution in [0.3, 0.4) is 0 Å². The van der Waals surface area contributed by atoms with Gasteiger partial charge in [-0.3, -0.25) is 4.79 Å². The number of carbonyl (C=O) groups is 1. The first-order chi connectivity index (χ1) is 10.8. The number of fused-ring (bicyclic) bond motifs is 1. The highest BCUT2D eigenvalue weighted by molar-refractivity contribution is 5.93. The lowest BCUT2D eigenvalue weighted by Crippen LogP contribution is -2.40. The molecule has 0 spiro atoms. The summed E-state index contributed by atoms with van der Waals surface area (Å²) in [6.07, 6.45) is 11.4. The number of amides is 1. The Bertz CT molecular complexity index is 759. The third kappa shape index (κ3) is 2.26. The summed E-state index contributed by atoms with van der Waals surface area (Å²) in [6, 6.07) is 6.06. The maximum atomic E-state index is 12.7. The highest BCUT2D eigenvalue weighted by atomic mass is 16.2. The van der Waals surface area contributed by atoms with E-state index in [0.717, 1.165) is 25.0 Å².